The summed E-state index contributed by atoms with van der Waals surface area (Å²) in [5.41, 5.74) is 1.67. The van der Waals surface area contributed by atoms with E-state index in [1.165, 1.54) is 0 Å². The second kappa shape index (κ2) is 8.18. The number of para-hydroxylation sites is 2. The van der Waals surface area contributed by atoms with Crippen LogP contribution in [0.3, 0.4) is 0 Å². The Morgan fingerprint density at radius 1 is 1.12 bits per heavy atom. The number of nitrogens with one attached hydrogen (secondary N) is 1. The van der Waals surface area contributed by atoms with Crippen LogP contribution in [0.2, 0.25) is 0 Å². The number of rotatable bonds is 8. The number of imidazole rings is 1. The molecule has 1 heterocycles. The highest BCUT2D eigenvalue weighted by Crippen LogP contribution is 2.25. The molecule has 1 aromatic carbocycles. The normalized spacial score (nSPS) is 12.7. The second-order valence-corrected chi connectivity index (χ2v) is 6.81. The molecule has 0 saturated heterocycles. The molecule has 0 spiro atoms. The molecule has 24 heavy (non-hydrogen) atoms. The van der Waals surface area contributed by atoms with E-state index in [0.717, 1.165) is 36.7 Å². The number of carbonyl (C=O) groups is 1. The third kappa shape index (κ3) is 3.89. The van der Waals surface area contributed by atoms with Crippen LogP contribution < -0.4 is 11.0 Å². The molecule has 0 bridgehead atoms. The number of amides is 1. The van der Waals surface area contributed by atoms with Crippen molar-refractivity contribution >= 4 is 16.9 Å². The van der Waals surface area contributed by atoms with E-state index in [4.69, 9.17) is 0 Å². The van der Waals surface area contributed by atoms with Crippen molar-refractivity contribution in [2.24, 2.45) is 5.92 Å². The number of nitrogens with zero attached hydrogens (tertiary/aromatic N) is 2. The zero-order valence-corrected chi connectivity index (χ0v) is 15.2. The number of hydrogen-bond donors (Lipinski definition) is 1. The van der Waals surface area contributed by atoms with E-state index in [1.54, 1.807) is 11.6 Å². The minimum atomic E-state index is -0.158. The maximum Gasteiger partial charge on any atom is 0.329 e. The summed E-state index contributed by atoms with van der Waals surface area (Å²) in [5, 5.41) is 2.60. The van der Waals surface area contributed by atoms with E-state index in [-0.39, 0.29) is 24.2 Å². The van der Waals surface area contributed by atoms with Crippen molar-refractivity contribution in [1.29, 1.82) is 0 Å². The van der Waals surface area contributed by atoms with Gasteiger partial charge in [-0.2, -0.15) is 0 Å². The number of fused-ring (bicyclic) bond motifs is 1. The fourth-order valence-electron chi connectivity index (χ4n) is 3.22. The summed E-state index contributed by atoms with van der Waals surface area (Å²) < 4.78 is 3.50. The van der Waals surface area contributed by atoms with Gasteiger partial charge in [-0.25, -0.2) is 4.79 Å². The van der Waals surface area contributed by atoms with Crippen LogP contribution in [0.15, 0.2) is 29.1 Å². The van der Waals surface area contributed by atoms with Crippen molar-refractivity contribution in [3.8, 4) is 0 Å². The molecule has 1 aromatic heterocycles. The summed E-state index contributed by atoms with van der Waals surface area (Å²) in [6.45, 7) is 6.63. The van der Waals surface area contributed by atoms with Gasteiger partial charge in [0.15, 0.2) is 0 Å². The first-order valence-electron chi connectivity index (χ1n) is 8.89. The molecule has 132 valence electrons. The Balaban J connectivity index is 2.53. The van der Waals surface area contributed by atoms with Gasteiger partial charge in [-0.1, -0.05) is 39.3 Å². The van der Waals surface area contributed by atoms with Gasteiger partial charge < -0.3 is 5.32 Å². The molecule has 0 fully saturated rings. The summed E-state index contributed by atoms with van der Waals surface area (Å²) in [5.74, 6) is 0.452. The van der Waals surface area contributed by atoms with Crippen LogP contribution in [-0.2, 0) is 11.3 Å². The van der Waals surface area contributed by atoms with Gasteiger partial charge in [-0.3, -0.25) is 13.9 Å². The Kier molecular flexibility index (Phi) is 6.23. The summed E-state index contributed by atoms with van der Waals surface area (Å²) in [4.78, 5) is 24.9. The van der Waals surface area contributed by atoms with E-state index >= 15 is 0 Å². The van der Waals surface area contributed by atoms with Crippen molar-refractivity contribution in [2.45, 2.75) is 59.0 Å². The molecule has 2 rings (SSSR count). The van der Waals surface area contributed by atoms with E-state index in [0.29, 0.717) is 5.92 Å². The molecule has 2 aromatic rings. The van der Waals surface area contributed by atoms with E-state index in [1.807, 2.05) is 28.8 Å². The minimum Gasteiger partial charge on any atom is -0.358 e. The Labute approximate surface area is 143 Å². The number of benzene rings is 1. The molecule has 0 saturated carbocycles. The molecule has 5 nitrogen and oxygen atoms in total. The summed E-state index contributed by atoms with van der Waals surface area (Å²) in [6, 6.07) is 7.95. The first kappa shape index (κ1) is 18.3. The number of likely N-dealkylation sites (N-methyl/N-ethyl adjacent to an activating group) is 1. The highest BCUT2D eigenvalue weighted by atomic mass is 16.2. The van der Waals surface area contributed by atoms with Crippen molar-refractivity contribution in [3.63, 3.8) is 0 Å². The van der Waals surface area contributed by atoms with Crippen molar-refractivity contribution < 1.29 is 4.79 Å². The molecule has 1 N–H and O–H groups in total. The maximum absolute atomic E-state index is 13.0. The molecular weight excluding hydrogens is 302 g/mol. The maximum atomic E-state index is 13.0. The quantitative estimate of drug-likeness (QED) is 0.806. The number of hydrogen-bond acceptors (Lipinski definition) is 2. The lowest BCUT2D eigenvalue weighted by molar-refractivity contribution is -0.121. The van der Waals surface area contributed by atoms with E-state index in [9.17, 15) is 9.59 Å². The largest absolute Gasteiger partial charge is 0.358 e. The van der Waals surface area contributed by atoms with Gasteiger partial charge in [0.25, 0.3) is 0 Å². The monoisotopic (exact) mass is 331 g/mol. The van der Waals surface area contributed by atoms with Gasteiger partial charge >= 0.3 is 5.69 Å². The standard InChI is InChI=1S/C19H29N3O2/c1-5-8-15(12-11-14(2)3)22-17-10-7-6-9-16(17)21(19(22)24)13-18(23)20-4/h6-7,9-10,14-15H,5,8,11-13H2,1-4H3,(H,20,23). The van der Waals surface area contributed by atoms with Crippen LogP contribution in [0.1, 0.15) is 52.5 Å². The summed E-state index contributed by atoms with van der Waals surface area (Å²) >= 11 is 0. The average molecular weight is 331 g/mol. The van der Waals surface area contributed by atoms with Crippen LogP contribution >= 0.6 is 0 Å². The zero-order valence-electron chi connectivity index (χ0n) is 15.2. The zero-order chi connectivity index (χ0) is 17.7. The molecule has 5 heteroatoms. The molecule has 0 aliphatic heterocycles. The topological polar surface area (TPSA) is 56.0 Å². The predicted molar refractivity (Wildman–Crippen MR) is 98.3 cm³/mol. The Bertz CT molecular complexity index is 743. The summed E-state index contributed by atoms with van der Waals surface area (Å²) in [6.07, 6.45) is 4.08. The van der Waals surface area contributed by atoms with Crippen LogP contribution in [0, 0.1) is 5.92 Å². The highest BCUT2D eigenvalue weighted by molar-refractivity contribution is 5.80. The fraction of sp³-hybridized carbons (Fsp3) is 0.579. The smallest absolute Gasteiger partial charge is 0.329 e. The molecule has 1 unspecified atom stereocenters. The number of carbonyl (C=O) groups excluding carboxylic acids is 1. The lowest BCUT2D eigenvalue weighted by Gasteiger charge is -2.19. The van der Waals surface area contributed by atoms with Crippen molar-refractivity contribution in [1.82, 2.24) is 14.5 Å². The Morgan fingerprint density at radius 2 is 1.79 bits per heavy atom. The lowest BCUT2D eigenvalue weighted by atomic mass is 10.00. The van der Waals surface area contributed by atoms with Gasteiger partial charge in [-0.05, 0) is 37.3 Å². The van der Waals surface area contributed by atoms with Crippen molar-refractivity contribution in [2.75, 3.05) is 7.05 Å². The predicted octanol–water partition coefficient (Wildman–Crippen LogP) is 3.33. The van der Waals surface area contributed by atoms with Crippen LogP contribution in [0.25, 0.3) is 11.0 Å². The Hall–Kier alpha value is -2.04. The highest BCUT2D eigenvalue weighted by Gasteiger charge is 2.21. The van der Waals surface area contributed by atoms with Crippen molar-refractivity contribution in [3.05, 3.63) is 34.7 Å². The van der Waals surface area contributed by atoms with E-state index in [2.05, 4.69) is 26.1 Å². The Morgan fingerprint density at radius 3 is 2.38 bits per heavy atom. The van der Waals surface area contributed by atoms with Gasteiger partial charge in [0, 0.05) is 13.1 Å². The molecule has 0 aliphatic rings. The van der Waals surface area contributed by atoms with Crippen LogP contribution in [0.5, 0.6) is 0 Å². The minimum absolute atomic E-state index is 0.0614. The van der Waals surface area contributed by atoms with Crippen LogP contribution in [-0.4, -0.2) is 22.1 Å². The average Bonchev–Trinajstić information content (AvgIpc) is 2.84. The van der Waals surface area contributed by atoms with Gasteiger partial charge in [0.2, 0.25) is 5.91 Å². The van der Waals surface area contributed by atoms with Gasteiger partial charge in [0.1, 0.15) is 6.54 Å². The van der Waals surface area contributed by atoms with Gasteiger partial charge in [0.05, 0.1) is 11.0 Å². The molecule has 0 radical (unpaired) electrons. The van der Waals surface area contributed by atoms with E-state index < -0.39 is 0 Å². The first-order valence-corrected chi connectivity index (χ1v) is 8.89. The lowest BCUT2D eigenvalue weighted by Crippen LogP contribution is -2.32. The molecule has 1 atom stereocenters. The fourth-order valence-corrected chi connectivity index (χ4v) is 3.22. The molecule has 1 amide bonds. The SMILES string of the molecule is CCCC(CCC(C)C)n1c(=O)n(CC(=O)NC)c2ccccc21. The first-order chi connectivity index (χ1) is 11.5. The summed E-state index contributed by atoms with van der Waals surface area (Å²) in [7, 11) is 1.59. The number of aromatic nitrogens is 2. The second-order valence-electron chi connectivity index (χ2n) is 6.81. The third-order valence-electron chi connectivity index (χ3n) is 4.51. The molecular formula is C19H29N3O2. The van der Waals surface area contributed by atoms with Gasteiger partial charge in [-0.15, -0.1) is 0 Å². The van der Waals surface area contributed by atoms with Crippen LogP contribution in [0.4, 0.5) is 0 Å². The molecule has 0 aliphatic carbocycles. The third-order valence-corrected chi connectivity index (χ3v) is 4.51.